The molecule has 3 aromatic rings. The lowest BCUT2D eigenvalue weighted by molar-refractivity contribution is 0.102. The summed E-state index contributed by atoms with van der Waals surface area (Å²) in [4.78, 5) is 19.7. The van der Waals surface area contributed by atoms with Crippen LogP contribution in [0.15, 0.2) is 47.2 Å². The molecule has 0 radical (unpaired) electrons. The van der Waals surface area contributed by atoms with Gasteiger partial charge in [0.15, 0.2) is 11.8 Å². The number of carbonyl (C=O) groups is 1. The Morgan fingerprint density at radius 1 is 1.20 bits per heavy atom. The number of oxazole rings is 1. The summed E-state index contributed by atoms with van der Waals surface area (Å²) in [6.07, 6.45) is 2.85. The summed E-state index contributed by atoms with van der Waals surface area (Å²) in [6, 6.07) is 8.20. The van der Waals surface area contributed by atoms with Gasteiger partial charge in [0, 0.05) is 12.3 Å². The minimum atomic E-state index is -0.642. The molecular weight excluding hydrogens is 330 g/mol. The number of amides is 1. The molecule has 124 valence electrons. The van der Waals surface area contributed by atoms with Gasteiger partial charge < -0.3 is 9.73 Å². The van der Waals surface area contributed by atoms with Crippen molar-refractivity contribution in [3.05, 3.63) is 77.1 Å². The highest BCUT2D eigenvalue weighted by Crippen LogP contribution is 2.14. The maximum Gasteiger partial charge on any atom is 0.301 e. The number of halogens is 2. The van der Waals surface area contributed by atoms with Crippen molar-refractivity contribution >= 4 is 11.7 Å². The van der Waals surface area contributed by atoms with Crippen LogP contribution in [0.25, 0.3) is 0 Å². The van der Waals surface area contributed by atoms with Gasteiger partial charge in [0.25, 0.3) is 5.91 Å². The molecule has 25 heavy (non-hydrogen) atoms. The summed E-state index contributed by atoms with van der Waals surface area (Å²) in [6.45, 7) is 0. The number of anilines is 1. The third-order valence-corrected chi connectivity index (χ3v) is 3.23. The number of carbonyl (C=O) groups excluding carboxylic acids is 1. The predicted molar refractivity (Wildman–Crippen MR) is 82.6 cm³/mol. The first-order chi connectivity index (χ1) is 12.0. The average Bonchev–Trinajstić information content (AvgIpc) is 3.05. The van der Waals surface area contributed by atoms with Crippen LogP contribution in [-0.2, 0) is 6.42 Å². The Kier molecular flexibility index (Phi) is 4.48. The van der Waals surface area contributed by atoms with Gasteiger partial charge in [-0.3, -0.25) is 4.79 Å². The van der Waals surface area contributed by atoms with Crippen molar-refractivity contribution in [1.82, 2.24) is 9.97 Å². The Hall–Kier alpha value is -3.60. The molecule has 0 bridgehead atoms. The molecule has 0 aliphatic carbocycles. The van der Waals surface area contributed by atoms with Crippen LogP contribution in [0.5, 0.6) is 0 Å². The van der Waals surface area contributed by atoms with Gasteiger partial charge in [0.05, 0.1) is 0 Å². The van der Waals surface area contributed by atoms with Crippen molar-refractivity contribution in [2.24, 2.45) is 0 Å². The van der Waals surface area contributed by atoms with Crippen LogP contribution in [-0.4, -0.2) is 15.9 Å². The highest BCUT2D eigenvalue weighted by atomic mass is 19.1. The number of hydrogen-bond donors (Lipinski definition) is 1. The SMILES string of the molecule is N#Cc1nc(C(=O)Nc2ccc(Cc3cc(F)cc(F)c3)cn2)co1. The maximum absolute atomic E-state index is 13.2. The Morgan fingerprint density at radius 3 is 2.56 bits per heavy atom. The molecular formula is C17H10F2N4O2. The molecule has 3 rings (SSSR count). The van der Waals surface area contributed by atoms with E-state index in [1.54, 1.807) is 18.2 Å². The number of aromatic nitrogens is 2. The van der Waals surface area contributed by atoms with E-state index in [-0.39, 0.29) is 17.4 Å². The van der Waals surface area contributed by atoms with E-state index in [4.69, 9.17) is 9.68 Å². The van der Waals surface area contributed by atoms with Crippen molar-refractivity contribution in [1.29, 1.82) is 5.26 Å². The third-order valence-electron chi connectivity index (χ3n) is 3.23. The minimum Gasteiger partial charge on any atom is -0.436 e. The van der Waals surface area contributed by atoms with E-state index in [9.17, 15) is 13.6 Å². The van der Waals surface area contributed by atoms with E-state index >= 15 is 0 Å². The fourth-order valence-electron chi connectivity index (χ4n) is 2.16. The second-order valence-corrected chi connectivity index (χ2v) is 5.11. The average molecular weight is 340 g/mol. The zero-order valence-corrected chi connectivity index (χ0v) is 12.7. The van der Waals surface area contributed by atoms with E-state index in [0.29, 0.717) is 12.0 Å². The summed E-state index contributed by atoms with van der Waals surface area (Å²) >= 11 is 0. The number of pyridine rings is 1. The smallest absolute Gasteiger partial charge is 0.301 e. The fourth-order valence-corrected chi connectivity index (χ4v) is 2.16. The molecule has 0 spiro atoms. The molecule has 2 heterocycles. The topological polar surface area (TPSA) is 91.8 Å². The number of rotatable bonds is 4. The Bertz CT molecular complexity index is 941. The Morgan fingerprint density at radius 2 is 1.96 bits per heavy atom. The number of nitriles is 1. The fraction of sp³-hybridized carbons (Fsp3) is 0.0588. The predicted octanol–water partition coefficient (Wildman–Crippen LogP) is 3.06. The van der Waals surface area contributed by atoms with Crippen LogP contribution >= 0.6 is 0 Å². The number of nitrogens with zero attached hydrogens (tertiary/aromatic N) is 3. The molecule has 1 aromatic carbocycles. The van der Waals surface area contributed by atoms with Gasteiger partial charge in [0.2, 0.25) is 0 Å². The first-order valence-corrected chi connectivity index (χ1v) is 7.10. The van der Waals surface area contributed by atoms with Gasteiger partial charge in [-0.2, -0.15) is 10.2 Å². The lowest BCUT2D eigenvalue weighted by Gasteiger charge is -2.05. The largest absolute Gasteiger partial charge is 0.436 e. The van der Waals surface area contributed by atoms with Crippen LogP contribution in [0.2, 0.25) is 0 Å². The van der Waals surface area contributed by atoms with Crippen LogP contribution < -0.4 is 5.32 Å². The Labute approximate surface area is 140 Å². The van der Waals surface area contributed by atoms with Gasteiger partial charge in [-0.25, -0.2) is 13.8 Å². The van der Waals surface area contributed by atoms with Crippen molar-refractivity contribution in [3.63, 3.8) is 0 Å². The molecule has 2 aromatic heterocycles. The normalized spacial score (nSPS) is 10.3. The number of nitrogens with one attached hydrogen (secondary N) is 1. The molecule has 0 atom stereocenters. The zero-order chi connectivity index (χ0) is 17.8. The van der Waals surface area contributed by atoms with Gasteiger partial charge in [-0.1, -0.05) is 6.07 Å². The first kappa shape index (κ1) is 16.3. The zero-order valence-electron chi connectivity index (χ0n) is 12.7. The van der Waals surface area contributed by atoms with Crippen LogP contribution in [0.4, 0.5) is 14.6 Å². The summed E-state index contributed by atoms with van der Waals surface area (Å²) in [7, 11) is 0. The lowest BCUT2D eigenvalue weighted by atomic mass is 10.1. The van der Waals surface area contributed by atoms with E-state index < -0.39 is 17.5 Å². The van der Waals surface area contributed by atoms with E-state index in [1.807, 2.05) is 0 Å². The van der Waals surface area contributed by atoms with E-state index in [2.05, 4.69) is 15.3 Å². The molecule has 0 unspecified atom stereocenters. The van der Waals surface area contributed by atoms with E-state index in [0.717, 1.165) is 17.9 Å². The Balaban J connectivity index is 1.67. The molecule has 0 aliphatic heterocycles. The highest BCUT2D eigenvalue weighted by molar-refractivity contribution is 6.02. The first-order valence-electron chi connectivity index (χ1n) is 7.10. The summed E-state index contributed by atoms with van der Waals surface area (Å²) < 4.78 is 31.1. The second-order valence-electron chi connectivity index (χ2n) is 5.11. The summed E-state index contributed by atoms with van der Waals surface area (Å²) in [5, 5.41) is 11.1. The van der Waals surface area contributed by atoms with Crippen molar-refractivity contribution < 1.29 is 18.0 Å². The second kappa shape index (κ2) is 6.88. The van der Waals surface area contributed by atoms with Gasteiger partial charge in [-0.15, -0.1) is 0 Å². The van der Waals surface area contributed by atoms with Crippen LogP contribution in [0.3, 0.4) is 0 Å². The molecule has 0 saturated heterocycles. The number of benzene rings is 1. The minimum absolute atomic E-state index is 0.0438. The summed E-state index contributed by atoms with van der Waals surface area (Å²) in [5.74, 6) is -1.80. The van der Waals surface area contributed by atoms with Gasteiger partial charge in [-0.05, 0) is 35.7 Å². The van der Waals surface area contributed by atoms with Gasteiger partial charge >= 0.3 is 5.89 Å². The standard InChI is InChI=1S/C17H10F2N4O2/c18-12-4-11(5-13(19)6-12)3-10-1-2-15(21-8-10)23-17(24)14-9-25-16(7-20)22-14/h1-2,4-6,8-9H,3H2,(H,21,23,24). The van der Waals surface area contributed by atoms with Crippen molar-refractivity contribution in [2.45, 2.75) is 6.42 Å². The lowest BCUT2D eigenvalue weighted by Crippen LogP contribution is -2.13. The van der Waals surface area contributed by atoms with E-state index in [1.165, 1.54) is 18.3 Å². The van der Waals surface area contributed by atoms with Crippen molar-refractivity contribution in [2.75, 3.05) is 5.32 Å². The number of hydrogen-bond acceptors (Lipinski definition) is 5. The molecule has 6 nitrogen and oxygen atoms in total. The third kappa shape index (κ3) is 4.03. The summed E-state index contributed by atoms with van der Waals surface area (Å²) in [5.41, 5.74) is 1.15. The molecule has 1 amide bonds. The van der Waals surface area contributed by atoms with Gasteiger partial charge in [0.1, 0.15) is 23.7 Å². The quantitative estimate of drug-likeness (QED) is 0.788. The molecule has 0 aliphatic rings. The molecule has 8 heteroatoms. The van der Waals surface area contributed by atoms with Crippen LogP contribution in [0, 0.1) is 23.0 Å². The highest BCUT2D eigenvalue weighted by Gasteiger charge is 2.12. The molecule has 0 saturated carbocycles. The van der Waals surface area contributed by atoms with Crippen LogP contribution in [0.1, 0.15) is 27.5 Å². The molecule has 1 N–H and O–H groups in total. The van der Waals surface area contributed by atoms with Crippen molar-refractivity contribution in [3.8, 4) is 6.07 Å². The monoisotopic (exact) mass is 340 g/mol. The molecule has 0 fully saturated rings. The maximum atomic E-state index is 13.2.